The molecule has 1 heterocycles. The Bertz CT molecular complexity index is 827. The predicted molar refractivity (Wildman–Crippen MR) is 124 cm³/mol. The molecule has 0 amide bonds. The molecule has 10 heteroatoms. The van der Waals surface area contributed by atoms with E-state index in [0.717, 1.165) is 6.61 Å². The lowest BCUT2D eigenvalue weighted by Crippen LogP contribution is -2.21. The van der Waals surface area contributed by atoms with Crippen LogP contribution in [0.5, 0.6) is 0 Å². The van der Waals surface area contributed by atoms with Gasteiger partial charge in [0, 0.05) is 25.5 Å². The van der Waals surface area contributed by atoms with Gasteiger partial charge in [0.05, 0.1) is 15.7 Å². The van der Waals surface area contributed by atoms with Gasteiger partial charge in [-0.2, -0.15) is 5.26 Å². The topological polar surface area (TPSA) is 151 Å². The standard InChI is InChI=1S/C9H7N5O.C6H5Cl2N.C3H8O.C2H6/c10-3-7(11)9(12)14-8-2-1-6(5-15)4-13-8;7-4-2-1-3-5(8)6(4)9;1-3-4-2;1-2/h1-2,4-5,11H,(H2,12,13,14);1-3H,9H2;3H2,1-2H3;1-2H3. The summed E-state index contributed by atoms with van der Waals surface area (Å²) in [6.07, 6.45) is 1.98. The van der Waals surface area contributed by atoms with Crippen molar-refractivity contribution >= 4 is 52.5 Å². The molecule has 162 valence electrons. The minimum absolute atomic E-state index is 0.205. The molecule has 1 aromatic heterocycles. The molecular weight excluding hydrogens is 427 g/mol. The number of para-hydroxylation sites is 1. The number of amidine groups is 1. The van der Waals surface area contributed by atoms with E-state index in [9.17, 15) is 4.79 Å². The third kappa shape index (κ3) is 12.5. The maximum atomic E-state index is 10.3. The van der Waals surface area contributed by atoms with E-state index in [-0.39, 0.29) is 11.7 Å². The van der Waals surface area contributed by atoms with E-state index in [1.165, 1.54) is 18.3 Å². The average Bonchev–Trinajstić information content (AvgIpc) is 2.79. The molecule has 5 N–H and O–H groups in total. The maximum Gasteiger partial charge on any atom is 0.174 e. The van der Waals surface area contributed by atoms with E-state index in [1.807, 2.05) is 20.8 Å². The van der Waals surface area contributed by atoms with E-state index < -0.39 is 5.71 Å². The average molecular weight is 453 g/mol. The van der Waals surface area contributed by atoms with Crippen molar-refractivity contribution in [1.82, 2.24) is 4.98 Å². The number of halogens is 2. The Balaban J connectivity index is 0. The summed E-state index contributed by atoms with van der Waals surface area (Å²) in [5, 5.41) is 16.4. The fourth-order valence-corrected chi connectivity index (χ4v) is 1.68. The molecule has 0 atom stereocenters. The van der Waals surface area contributed by atoms with Gasteiger partial charge >= 0.3 is 0 Å². The minimum Gasteiger partial charge on any atom is -0.396 e. The molecule has 0 radical (unpaired) electrons. The fourth-order valence-electron chi connectivity index (χ4n) is 1.28. The van der Waals surface area contributed by atoms with Crippen molar-refractivity contribution in [1.29, 1.82) is 10.7 Å². The maximum absolute atomic E-state index is 10.3. The van der Waals surface area contributed by atoms with Crippen LogP contribution in [0.4, 0.5) is 11.5 Å². The Morgan fingerprint density at radius 2 is 1.83 bits per heavy atom. The summed E-state index contributed by atoms with van der Waals surface area (Å²) in [5.74, 6) is 0.0435. The zero-order chi connectivity index (χ0) is 23.5. The Kier molecular flexibility index (Phi) is 17.6. The largest absolute Gasteiger partial charge is 0.396 e. The molecule has 0 aliphatic heterocycles. The van der Waals surface area contributed by atoms with Gasteiger partial charge in [0.25, 0.3) is 0 Å². The predicted octanol–water partition coefficient (Wildman–Crippen LogP) is 4.68. The molecular formula is C20H26Cl2N6O2. The first kappa shape index (κ1) is 29.2. The number of rotatable bonds is 4. The molecule has 0 saturated carbocycles. The summed E-state index contributed by atoms with van der Waals surface area (Å²) in [5.41, 5.74) is 11.2. The minimum atomic E-state index is -0.420. The highest BCUT2D eigenvalue weighted by atomic mass is 35.5. The number of aldehydes is 1. The highest BCUT2D eigenvalue weighted by molar-refractivity contribution is 6.46. The summed E-state index contributed by atoms with van der Waals surface area (Å²) in [6, 6.07) is 9.69. The lowest BCUT2D eigenvalue weighted by molar-refractivity contribution is 0.112. The Morgan fingerprint density at radius 3 is 2.17 bits per heavy atom. The van der Waals surface area contributed by atoms with Gasteiger partial charge in [-0.3, -0.25) is 10.2 Å². The first-order chi connectivity index (χ1) is 14.3. The number of nitriles is 1. The van der Waals surface area contributed by atoms with Crippen LogP contribution in [0.2, 0.25) is 10.0 Å². The second-order valence-electron chi connectivity index (χ2n) is 4.76. The zero-order valence-electron chi connectivity index (χ0n) is 17.3. The highest BCUT2D eigenvalue weighted by Gasteiger charge is 2.01. The number of nitrogen functional groups attached to an aromatic ring is 1. The van der Waals surface area contributed by atoms with Crippen LogP contribution >= 0.6 is 23.2 Å². The van der Waals surface area contributed by atoms with Crippen molar-refractivity contribution in [3.8, 4) is 6.07 Å². The smallest absolute Gasteiger partial charge is 0.174 e. The number of aromatic nitrogens is 1. The molecule has 0 saturated heterocycles. The van der Waals surface area contributed by atoms with Crippen LogP contribution in [0.25, 0.3) is 0 Å². The second kappa shape index (κ2) is 18.1. The molecule has 0 bridgehead atoms. The third-order valence-corrected chi connectivity index (χ3v) is 3.46. The molecule has 2 rings (SSSR count). The number of ether oxygens (including phenoxy) is 1. The van der Waals surface area contributed by atoms with Crippen LogP contribution in [0.15, 0.2) is 41.5 Å². The lowest BCUT2D eigenvalue weighted by Gasteiger charge is -1.96. The summed E-state index contributed by atoms with van der Waals surface area (Å²) in [4.78, 5) is 17.8. The molecule has 8 nitrogen and oxygen atoms in total. The fraction of sp³-hybridized carbons (Fsp3) is 0.250. The SMILES string of the molecule is CC.CCOC.N#CC(=N)C(N)=Nc1ccc(C=O)cn1.Nc1c(Cl)cccc1Cl. The number of nitrogens with zero attached hydrogens (tertiary/aromatic N) is 3. The van der Waals surface area contributed by atoms with E-state index in [4.69, 9.17) is 45.3 Å². The normalized spacial score (nSPS) is 9.30. The summed E-state index contributed by atoms with van der Waals surface area (Å²) >= 11 is 11.2. The monoisotopic (exact) mass is 452 g/mol. The number of hydrogen-bond acceptors (Lipinski definition) is 7. The van der Waals surface area contributed by atoms with Crippen LogP contribution in [-0.4, -0.2) is 36.5 Å². The van der Waals surface area contributed by atoms with E-state index in [1.54, 1.807) is 31.4 Å². The van der Waals surface area contributed by atoms with Gasteiger partial charge in [0.1, 0.15) is 6.07 Å². The molecule has 0 spiro atoms. The van der Waals surface area contributed by atoms with Gasteiger partial charge in [-0.15, -0.1) is 0 Å². The van der Waals surface area contributed by atoms with Crippen LogP contribution in [0.3, 0.4) is 0 Å². The number of carbonyl (C=O) groups excluding carboxylic acids is 1. The molecule has 0 fully saturated rings. The molecule has 0 aliphatic carbocycles. The van der Waals surface area contributed by atoms with Crippen molar-refractivity contribution in [2.75, 3.05) is 19.5 Å². The van der Waals surface area contributed by atoms with Gasteiger partial charge in [-0.25, -0.2) is 9.98 Å². The number of nitrogens with one attached hydrogen (secondary N) is 1. The van der Waals surface area contributed by atoms with E-state index in [0.29, 0.717) is 27.6 Å². The number of pyridine rings is 1. The molecule has 2 aromatic rings. The van der Waals surface area contributed by atoms with Gasteiger partial charge in [-0.1, -0.05) is 43.1 Å². The summed E-state index contributed by atoms with van der Waals surface area (Å²) in [6.45, 7) is 6.78. The van der Waals surface area contributed by atoms with E-state index in [2.05, 4.69) is 14.7 Å². The van der Waals surface area contributed by atoms with Gasteiger partial charge in [-0.05, 0) is 31.2 Å². The van der Waals surface area contributed by atoms with Crippen molar-refractivity contribution in [3.63, 3.8) is 0 Å². The van der Waals surface area contributed by atoms with Crippen LogP contribution in [0.1, 0.15) is 31.1 Å². The number of aliphatic imine (C=N–C) groups is 1. The Morgan fingerprint density at radius 1 is 1.30 bits per heavy atom. The van der Waals surface area contributed by atoms with Crippen molar-refractivity contribution < 1.29 is 9.53 Å². The number of hydrogen-bond donors (Lipinski definition) is 3. The number of benzene rings is 1. The van der Waals surface area contributed by atoms with Crippen molar-refractivity contribution in [2.45, 2.75) is 20.8 Å². The van der Waals surface area contributed by atoms with Crippen molar-refractivity contribution in [3.05, 3.63) is 52.1 Å². The number of anilines is 1. The van der Waals surface area contributed by atoms with E-state index >= 15 is 0 Å². The number of nitrogens with two attached hydrogens (primary N) is 2. The first-order valence-electron chi connectivity index (χ1n) is 8.73. The van der Waals surface area contributed by atoms with Crippen molar-refractivity contribution in [2.24, 2.45) is 10.7 Å². The number of methoxy groups -OCH3 is 1. The van der Waals surface area contributed by atoms with Gasteiger partial charge < -0.3 is 16.2 Å². The quantitative estimate of drug-likeness (QED) is 0.265. The molecule has 0 unspecified atom stereocenters. The summed E-state index contributed by atoms with van der Waals surface area (Å²) < 4.78 is 4.54. The Labute approximate surface area is 187 Å². The van der Waals surface area contributed by atoms with Gasteiger partial charge in [0.2, 0.25) is 0 Å². The molecule has 30 heavy (non-hydrogen) atoms. The summed E-state index contributed by atoms with van der Waals surface area (Å²) in [7, 11) is 1.68. The first-order valence-corrected chi connectivity index (χ1v) is 9.49. The van der Waals surface area contributed by atoms with Crippen LogP contribution in [-0.2, 0) is 4.74 Å². The highest BCUT2D eigenvalue weighted by Crippen LogP contribution is 2.25. The second-order valence-corrected chi connectivity index (χ2v) is 5.58. The molecule has 0 aliphatic rings. The lowest BCUT2D eigenvalue weighted by atomic mass is 10.3. The number of carbonyl (C=O) groups is 1. The zero-order valence-corrected chi connectivity index (χ0v) is 18.8. The van der Waals surface area contributed by atoms with Crippen LogP contribution in [0, 0.1) is 16.7 Å². The Hall–Kier alpha value is -2.99. The van der Waals surface area contributed by atoms with Gasteiger partial charge in [0.15, 0.2) is 23.7 Å². The third-order valence-electron chi connectivity index (χ3n) is 2.80. The molecule has 1 aromatic carbocycles. The van der Waals surface area contributed by atoms with Crippen LogP contribution < -0.4 is 11.5 Å².